The predicted octanol–water partition coefficient (Wildman–Crippen LogP) is 1.49. The van der Waals surface area contributed by atoms with Crippen LogP contribution in [0, 0.1) is 0 Å². The lowest BCUT2D eigenvalue weighted by atomic mass is 10.1. The molecule has 5 nitrogen and oxygen atoms in total. The van der Waals surface area contributed by atoms with Crippen LogP contribution >= 0.6 is 0 Å². The second kappa shape index (κ2) is 5.20. The number of piperidine rings is 1. The molecule has 0 radical (unpaired) electrons. The molecule has 0 amide bonds. The molecular weight excluding hydrogens is 240 g/mol. The highest BCUT2D eigenvalue weighted by Crippen LogP contribution is 2.19. The average Bonchev–Trinajstić information content (AvgIpc) is 2.80. The van der Waals surface area contributed by atoms with Gasteiger partial charge in [0.2, 0.25) is 0 Å². The molecular formula is C11H18N2O3S. The van der Waals surface area contributed by atoms with E-state index in [9.17, 15) is 8.42 Å². The van der Waals surface area contributed by atoms with Gasteiger partial charge in [0.1, 0.15) is 5.76 Å². The van der Waals surface area contributed by atoms with Gasteiger partial charge in [-0.1, -0.05) is 6.42 Å². The number of hydrogen-bond acceptors (Lipinski definition) is 3. The zero-order chi connectivity index (χ0) is 12.3. The van der Waals surface area contributed by atoms with Crippen molar-refractivity contribution in [1.29, 1.82) is 0 Å². The first-order valence-electron chi connectivity index (χ1n) is 5.88. The lowest BCUT2D eigenvalue weighted by molar-refractivity contribution is 0.265. The van der Waals surface area contributed by atoms with Crippen LogP contribution in [0.3, 0.4) is 0 Å². The number of hydrogen-bond donors (Lipinski definition) is 1. The van der Waals surface area contributed by atoms with E-state index in [2.05, 4.69) is 4.72 Å². The lowest BCUT2D eigenvalue weighted by Gasteiger charge is -2.32. The normalized spacial score (nSPS) is 22.8. The highest BCUT2D eigenvalue weighted by Gasteiger charge is 2.29. The highest BCUT2D eigenvalue weighted by molar-refractivity contribution is 7.87. The van der Waals surface area contributed by atoms with Crippen molar-refractivity contribution in [2.24, 2.45) is 0 Å². The first kappa shape index (κ1) is 12.6. The van der Waals surface area contributed by atoms with Gasteiger partial charge in [0.15, 0.2) is 0 Å². The van der Waals surface area contributed by atoms with E-state index in [1.165, 1.54) is 6.26 Å². The summed E-state index contributed by atoms with van der Waals surface area (Å²) in [6.07, 6.45) is 4.51. The van der Waals surface area contributed by atoms with Crippen LogP contribution in [0.5, 0.6) is 0 Å². The van der Waals surface area contributed by atoms with Crippen molar-refractivity contribution in [3.05, 3.63) is 24.2 Å². The summed E-state index contributed by atoms with van der Waals surface area (Å²) in [5, 5.41) is 0. The van der Waals surface area contributed by atoms with Crippen molar-refractivity contribution in [2.75, 3.05) is 6.54 Å². The third kappa shape index (κ3) is 3.08. The minimum absolute atomic E-state index is 0.0813. The maximum atomic E-state index is 12.1. The minimum atomic E-state index is -3.39. The fraction of sp³-hybridized carbons (Fsp3) is 0.636. The summed E-state index contributed by atoms with van der Waals surface area (Å²) in [6, 6.07) is 3.58. The summed E-state index contributed by atoms with van der Waals surface area (Å²) >= 11 is 0. The Kier molecular flexibility index (Phi) is 3.86. The molecule has 1 aromatic heterocycles. The van der Waals surface area contributed by atoms with Crippen LogP contribution < -0.4 is 4.72 Å². The first-order valence-corrected chi connectivity index (χ1v) is 7.32. The van der Waals surface area contributed by atoms with E-state index in [4.69, 9.17) is 4.42 Å². The Balaban J connectivity index is 1.98. The van der Waals surface area contributed by atoms with Crippen molar-refractivity contribution >= 4 is 10.2 Å². The van der Waals surface area contributed by atoms with Gasteiger partial charge in [-0.3, -0.25) is 0 Å². The molecule has 2 rings (SSSR count). The summed E-state index contributed by atoms with van der Waals surface area (Å²) in [4.78, 5) is 0. The van der Waals surface area contributed by atoms with E-state index < -0.39 is 10.2 Å². The molecule has 0 saturated carbocycles. The Bertz CT molecular complexity index is 441. The number of nitrogens with zero attached hydrogens (tertiary/aromatic N) is 1. The monoisotopic (exact) mass is 258 g/mol. The summed E-state index contributed by atoms with van der Waals surface area (Å²) in [5.74, 6) is 0.623. The van der Waals surface area contributed by atoms with Crippen LogP contribution in [0.25, 0.3) is 0 Å². The summed E-state index contributed by atoms with van der Waals surface area (Å²) in [5.41, 5.74) is 0. The summed E-state index contributed by atoms with van der Waals surface area (Å²) < 4.78 is 33.3. The third-order valence-corrected chi connectivity index (χ3v) is 4.73. The van der Waals surface area contributed by atoms with Gasteiger partial charge < -0.3 is 4.42 Å². The van der Waals surface area contributed by atoms with Crippen LogP contribution in [0.2, 0.25) is 0 Å². The maximum absolute atomic E-state index is 12.1. The molecule has 1 unspecified atom stereocenters. The van der Waals surface area contributed by atoms with Gasteiger partial charge in [-0.2, -0.15) is 17.4 Å². The molecule has 0 aliphatic carbocycles. The van der Waals surface area contributed by atoms with Crippen LogP contribution in [-0.2, 0) is 16.8 Å². The molecule has 1 atom stereocenters. The zero-order valence-corrected chi connectivity index (χ0v) is 10.7. The van der Waals surface area contributed by atoms with Crippen LogP contribution in [0.15, 0.2) is 22.8 Å². The molecule has 0 bridgehead atoms. The molecule has 1 N–H and O–H groups in total. The van der Waals surface area contributed by atoms with Gasteiger partial charge >= 0.3 is 0 Å². The van der Waals surface area contributed by atoms with E-state index >= 15 is 0 Å². The van der Waals surface area contributed by atoms with Gasteiger partial charge in [-0.25, -0.2) is 0 Å². The Morgan fingerprint density at radius 3 is 3.00 bits per heavy atom. The van der Waals surface area contributed by atoms with Crippen molar-refractivity contribution in [3.8, 4) is 0 Å². The third-order valence-electron chi connectivity index (χ3n) is 3.06. The fourth-order valence-electron chi connectivity index (χ4n) is 2.09. The Hall–Kier alpha value is -0.850. The largest absolute Gasteiger partial charge is 0.468 e. The topological polar surface area (TPSA) is 62.6 Å². The van der Waals surface area contributed by atoms with Crippen molar-refractivity contribution in [1.82, 2.24) is 9.03 Å². The number of furan rings is 1. The van der Waals surface area contributed by atoms with Crippen molar-refractivity contribution in [2.45, 2.75) is 38.8 Å². The van der Waals surface area contributed by atoms with E-state index in [1.54, 1.807) is 16.4 Å². The number of nitrogens with one attached hydrogen (secondary N) is 1. The van der Waals surface area contributed by atoms with Crippen LogP contribution in [-0.4, -0.2) is 25.3 Å². The molecule has 2 heterocycles. The average molecular weight is 258 g/mol. The Morgan fingerprint density at radius 2 is 2.35 bits per heavy atom. The summed E-state index contributed by atoms with van der Waals surface area (Å²) in [6.45, 7) is 2.76. The van der Waals surface area contributed by atoms with Gasteiger partial charge in [0.25, 0.3) is 10.2 Å². The molecule has 1 aliphatic heterocycles. The molecule has 1 fully saturated rings. The molecule has 17 heavy (non-hydrogen) atoms. The molecule has 1 saturated heterocycles. The molecule has 1 aliphatic rings. The van der Waals surface area contributed by atoms with E-state index in [0.717, 1.165) is 19.3 Å². The van der Waals surface area contributed by atoms with Gasteiger partial charge in [-0.15, -0.1) is 0 Å². The first-order chi connectivity index (χ1) is 8.09. The fourth-order valence-corrected chi connectivity index (χ4v) is 3.53. The number of rotatable bonds is 4. The van der Waals surface area contributed by atoms with Gasteiger partial charge in [-0.05, 0) is 31.9 Å². The van der Waals surface area contributed by atoms with Gasteiger partial charge in [0, 0.05) is 12.6 Å². The van der Waals surface area contributed by atoms with Crippen LogP contribution in [0.1, 0.15) is 31.9 Å². The molecule has 0 spiro atoms. The predicted molar refractivity (Wildman–Crippen MR) is 64.5 cm³/mol. The molecule has 96 valence electrons. The molecule has 1 aromatic rings. The van der Waals surface area contributed by atoms with Crippen molar-refractivity contribution < 1.29 is 12.8 Å². The van der Waals surface area contributed by atoms with Crippen LogP contribution in [0.4, 0.5) is 0 Å². The minimum Gasteiger partial charge on any atom is -0.468 e. The van der Waals surface area contributed by atoms with E-state index in [0.29, 0.717) is 12.3 Å². The molecule has 0 aromatic carbocycles. The highest BCUT2D eigenvalue weighted by atomic mass is 32.2. The van der Waals surface area contributed by atoms with E-state index in [1.807, 2.05) is 6.92 Å². The standard InChI is InChI=1S/C11H18N2O3S/c1-10-5-2-3-7-13(10)17(14,15)12-9-11-6-4-8-16-11/h4,6,8,10,12H,2-3,5,7,9H2,1H3. The Labute approximate surface area is 102 Å². The summed E-state index contributed by atoms with van der Waals surface area (Å²) in [7, 11) is -3.39. The maximum Gasteiger partial charge on any atom is 0.280 e. The van der Waals surface area contributed by atoms with Gasteiger partial charge in [0.05, 0.1) is 12.8 Å². The SMILES string of the molecule is CC1CCCCN1S(=O)(=O)NCc1ccco1. The van der Waals surface area contributed by atoms with E-state index in [-0.39, 0.29) is 12.6 Å². The van der Waals surface area contributed by atoms with Crippen molar-refractivity contribution in [3.63, 3.8) is 0 Å². The second-order valence-electron chi connectivity index (χ2n) is 4.36. The quantitative estimate of drug-likeness (QED) is 0.890. The second-order valence-corrected chi connectivity index (χ2v) is 6.07. The lowest BCUT2D eigenvalue weighted by Crippen LogP contribution is -2.47. The smallest absolute Gasteiger partial charge is 0.280 e. The molecule has 6 heteroatoms. The zero-order valence-electron chi connectivity index (χ0n) is 9.93. The Morgan fingerprint density at radius 1 is 1.53 bits per heavy atom.